The maximum atomic E-state index is 5.95. The third-order valence-electron chi connectivity index (χ3n) is 4.31. The molecule has 3 heterocycles. The van der Waals surface area contributed by atoms with Gasteiger partial charge in [-0.2, -0.15) is 0 Å². The molecular formula is C17H29IN4O2S2. The van der Waals surface area contributed by atoms with Crippen LogP contribution in [0.4, 0.5) is 0 Å². The van der Waals surface area contributed by atoms with E-state index in [0.717, 1.165) is 74.7 Å². The Balaban J connectivity index is 0.00000243. The largest absolute Gasteiger partial charge is 0.375 e. The molecule has 9 heteroatoms. The Bertz CT molecular complexity index is 527. The van der Waals surface area contributed by atoms with Gasteiger partial charge in [-0.3, -0.25) is 4.99 Å². The van der Waals surface area contributed by atoms with Gasteiger partial charge in [0.15, 0.2) is 5.96 Å². The number of ether oxygens (including phenoxy) is 2. The monoisotopic (exact) mass is 512 g/mol. The number of nitrogens with one attached hydrogen (secondary N) is 1. The number of thioether (sulfide) groups is 1. The van der Waals surface area contributed by atoms with Gasteiger partial charge in [0.25, 0.3) is 0 Å². The van der Waals surface area contributed by atoms with Crippen molar-refractivity contribution in [3.05, 3.63) is 11.6 Å². The van der Waals surface area contributed by atoms with E-state index < -0.39 is 0 Å². The summed E-state index contributed by atoms with van der Waals surface area (Å²) in [5, 5.41) is 5.45. The summed E-state index contributed by atoms with van der Waals surface area (Å²) < 4.78 is 12.9. The van der Waals surface area contributed by atoms with Crippen molar-refractivity contribution in [3.8, 4) is 0 Å². The second kappa shape index (κ2) is 12.4. The molecular weight excluding hydrogens is 483 g/mol. The number of nitrogens with zero attached hydrogens (tertiary/aromatic N) is 3. The average molecular weight is 512 g/mol. The van der Waals surface area contributed by atoms with Crippen molar-refractivity contribution in [1.29, 1.82) is 0 Å². The fourth-order valence-corrected chi connectivity index (χ4v) is 4.74. The number of rotatable bonds is 7. The first-order chi connectivity index (χ1) is 12.4. The van der Waals surface area contributed by atoms with Crippen LogP contribution in [0.15, 0.2) is 20.9 Å². The third-order valence-corrected chi connectivity index (χ3v) is 6.36. The van der Waals surface area contributed by atoms with Crippen LogP contribution >= 0.6 is 47.1 Å². The minimum Gasteiger partial charge on any atom is -0.375 e. The molecule has 0 aromatic carbocycles. The van der Waals surface area contributed by atoms with E-state index in [-0.39, 0.29) is 36.2 Å². The lowest BCUT2D eigenvalue weighted by Gasteiger charge is -2.37. The molecule has 3 rings (SSSR count). The molecule has 6 nitrogen and oxygen atoms in total. The number of thiazole rings is 1. The number of halogens is 1. The van der Waals surface area contributed by atoms with E-state index in [1.807, 2.05) is 23.3 Å². The van der Waals surface area contributed by atoms with Gasteiger partial charge in [0.05, 0.1) is 12.7 Å². The number of aliphatic imine (C=N–C) groups is 1. The van der Waals surface area contributed by atoms with Crippen LogP contribution in [-0.4, -0.2) is 73.2 Å². The van der Waals surface area contributed by atoms with Gasteiger partial charge in [0.2, 0.25) is 0 Å². The SMILES string of the molecule is CCNC(=NCCCSc1nccs1)N1CCOC(C2CCCO2)C1.I. The summed E-state index contributed by atoms with van der Waals surface area (Å²) in [7, 11) is 0. The molecule has 1 aromatic heterocycles. The maximum absolute atomic E-state index is 5.95. The van der Waals surface area contributed by atoms with Gasteiger partial charge in [-0.1, -0.05) is 11.8 Å². The summed E-state index contributed by atoms with van der Waals surface area (Å²) in [5.74, 6) is 2.06. The van der Waals surface area contributed by atoms with Crippen LogP contribution in [0.2, 0.25) is 0 Å². The highest BCUT2D eigenvalue weighted by Gasteiger charge is 2.32. The number of hydrogen-bond donors (Lipinski definition) is 1. The molecule has 2 unspecified atom stereocenters. The minimum atomic E-state index is 0. The van der Waals surface area contributed by atoms with Gasteiger partial charge in [-0.25, -0.2) is 4.98 Å². The Morgan fingerprint density at radius 3 is 3.04 bits per heavy atom. The summed E-state index contributed by atoms with van der Waals surface area (Å²) in [6.07, 6.45) is 5.59. The lowest BCUT2D eigenvalue weighted by atomic mass is 10.1. The van der Waals surface area contributed by atoms with Crippen molar-refractivity contribution < 1.29 is 9.47 Å². The Morgan fingerprint density at radius 2 is 2.31 bits per heavy atom. The highest BCUT2D eigenvalue weighted by atomic mass is 127. The summed E-state index contributed by atoms with van der Waals surface area (Å²) in [6, 6.07) is 0. The van der Waals surface area contributed by atoms with Crippen molar-refractivity contribution >= 4 is 53.0 Å². The van der Waals surface area contributed by atoms with Gasteiger partial charge in [0.1, 0.15) is 10.4 Å². The normalized spacial score (nSPS) is 23.7. The molecule has 2 aliphatic heterocycles. The third kappa shape index (κ3) is 6.81. The quantitative estimate of drug-likeness (QED) is 0.199. The predicted octanol–water partition coefficient (Wildman–Crippen LogP) is 3.09. The van der Waals surface area contributed by atoms with Crippen LogP contribution in [0, 0.1) is 0 Å². The first kappa shape index (κ1) is 22.2. The fraction of sp³-hybridized carbons (Fsp3) is 0.765. The first-order valence-corrected chi connectivity index (χ1v) is 11.0. The smallest absolute Gasteiger partial charge is 0.194 e. The van der Waals surface area contributed by atoms with Crippen molar-refractivity contribution in [1.82, 2.24) is 15.2 Å². The van der Waals surface area contributed by atoms with Gasteiger partial charge >= 0.3 is 0 Å². The highest BCUT2D eigenvalue weighted by molar-refractivity contribution is 14.0. The lowest BCUT2D eigenvalue weighted by molar-refractivity contribution is -0.0817. The minimum absolute atomic E-state index is 0. The van der Waals surface area contributed by atoms with Crippen LogP contribution in [0.1, 0.15) is 26.2 Å². The van der Waals surface area contributed by atoms with Gasteiger partial charge in [-0.05, 0) is 26.2 Å². The van der Waals surface area contributed by atoms with Crippen molar-refractivity contribution in [3.63, 3.8) is 0 Å². The van der Waals surface area contributed by atoms with E-state index in [0.29, 0.717) is 0 Å². The second-order valence-electron chi connectivity index (χ2n) is 6.14. The highest BCUT2D eigenvalue weighted by Crippen LogP contribution is 2.22. The Kier molecular flexibility index (Phi) is 10.6. The molecule has 1 N–H and O–H groups in total. The molecule has 0 spiro atoms. The Labute approximate surface area is 181 Å². The van der Waals surface area contributed by atoms with Crippen molar-refractivity contribution in [2.24, 2.45) is 4.99 Å². The number of guanidine groups is 1. The lowest BCUT2D eigenvalue weighted by Crippen LogP contribution is -2.53. The summed E-state index contributed by atoms with van der Waals surface area (Å²) in [5.41, 5.74) is 0. The zero-order chi connectivity index (χ0) is 17.3. The van der Waals surface area contributed by atoms with Gasteiger partial charge in [-0.15, -0.1) is 35.3 Å². The summed E-state index contributed by atoms with van der Waals surface area (Å²) in [6.45, 7) is 7.21. The Hall–Kier alpha value is -0.100. The number of hydrogen-bond acceptors (Lipinski definition) is 6. The van der Waals surface area contributed by atoms with Gasteiger partial charge in [0, 0.05) is 50.1 Å². The van der Waals surface area contributed by atoms with E-state index in [2.05, 4.69) is 22.1 Å². The van der Waals surface area contributed by atoms with Crippen LogP contribution < -0.4 is 5.32 Å². The van der Waals surface area contributed by atoms with Crippen LogP contribution in [0.5, 0.6) is 0 Å². The van der Waals surface area contributed by atoms with Gasteiger partial charge < -0.3 is 19.7 Å². The fourth-order valence-electron chi connectivity index (χ4n) is 3.10. The van der Waals surface area contributed by atoms with E-state index >= 15 is 0 Å². The number of aromatic nitrogens is 1. The summed E-state index contributed by atoms with van der Waals surface area (Å²) >= 11 is 3.51. The molecule has 148 valence electrons. The van der Waals surface area contributed by atoms with E-state index in [1.54, 1.807) is 11.3 Å². The predicted molar refractivity (Wildman–Crippen MR) is 119 cm³/mol. The molecule has 0 bridgehead atoms. The Morgan fingerprint density at radius 1 is 1.42 bits per heavy atom. The molecule has 2 aliphatic rings. The van der Waals surface area contributed by atoms with Crippen LogP contribution in [-0.2, 0) is 9.47 Å². The molecule has 0 amide bonds. The topological polar surface area (TPSA) is 59.0 Å². The van der Waals surface area contributed by atoms with E-state index in [1.165, 1.54) is 0 Å². The molecule has 0 aliphatic carbocycles. The second-order valence-corrected chi connectivity index (χ2v) is 8.38. The average Bonchev–Trinajstić information content (AvgIpc) is 3.34. The van der Waals surface area contributed by atoms with Crippen molar-refractivity contribution in [2.75, 3.05) is 45.1 Å². The van der Waals surface area contributed by atoms with Crippen molar-refractivity contribution in [2.45, 2.75) is 42.7 Å². The standard InChI is InChI=1S/C17H28N4O2S2.HI/c1-2-18-16(19-6-4-11-24-17-20-7-12-25-17)21-8-10-23-15(13-21)14-5-3-9-22-14;/h7,12,14-15H,2-6,8-11,13H2,1H3,(H,18,19);1H. The maximum Gasteiger partial charge on any atom is 0.194 e. The van der Waals surface area contributed by atoms with E-state index in [4.69, 9.17) is 14.5 Å². The van der Waals surface area contributed by atoms with Crippen LogP contribution in [0.3, 0.4) is 0 Å². The van der Waals surface area contributed by atoms with E-state index in [9.17, 15) is 0 Å². The molecule has 0 saturated carbocycles. The molecule has 0 radical (unpaired) electrons. The van der Waals surface area contributed by atoms with Crippen LogP contribution in [0.25, 0.3) is 0 Å². The zero-order valence-corrected chi connectivity index (χ0v) is 19.2. The first-order valence-electron chi connectivity index (χ1n) is 9.15. The zero-order valence-electron chi connectivity index (χ0n) is 15.3. The number of morpholine rings is 1. The summed E-state index contributed by atoms with van der Waals surface area (Å²) in [4.78, 5) is 11.4. The molecule has 26 heavy (non-hydrogen) atoms. The molecule has 2 atom stereocenters. The molecule has 1 aromatic rings. The molecule has 2 saturated heterocycles. The molecule has 2 fully saturated rings.